The number of hydrogen-bond donors (Lipinski definition) is 3. The van der Waals surface area contributed by atoms with Crippen LogP contribution in [0.2, 0.25) is 0 Å². The summed E-state index contributed by atoms with van der Waals surface area (Å²) < 4.78 is 45.9. The summed E-state index contributed by atoms with van der Waals surface area (Å²) in [6.07, 6.45) is -0.230. The Morgan fingerprint density at radius 1 is 1.27 bits per heavy atom. The summed E-state index contributed by atoms with van der Waals surface area (Å²) in [5.41, 5.74) is 5.89. The molecular weight excluding hydrogens is 437 g/mol. The van der Waals surface area contributed by atoms with Crippen LogP contribution in [0.4, 0.5) is 24.7 Å². The largest absolute Gasteiger partial charge is 0.418 e. The maximum atomic E-state index is 12.7. The fourth-order valence-electron chi connectivity index (χ4n) is 4.34. The fraction of sp³-hybridized carbons (Fsp3) is 0.565. The summed E-state index contributed by atoms with van der Waals surface area (Å²) >= 11 is 0. The van der Waals surface area contributed by atoms with Crippen LogP contribution in [0.15, 0.2) is 30.5 Å². The Balaban J connectivity index is 1.45. The number of nitrogens with one attached hydrogen (secondary N) is 1. The van der Waals surface area contributed by atoms with Crippen molar-refractivity contribution in [3.05, 3.63) is 41.6 Å². The highest BCUT2D eigenvalue weighted by Crippen LogP contribution is 2.38. The number of benzene rings is 1. The zero-order chi connectivity index (χ0) is 23.8. The number of aromatic nitrogens is 2. The molecule has 4 rings (SSSR count). The third-order valence-corrected chi connectivity index (χ3v) is 6.48. The summed E-state index contributed by atoms with van der Waals surface area (Å²) in [7, 11) is 0. The predicted molar refractivity (Wildman–Crippen MR) is 116 cm³/mol. The van der Waals surface area contributed by atoms with Crippen LogP contribution < -0.4 is 11.1 Å². The van der Waals surface area contributed by atoms with Crippen LogP contribution in [0.25, 0.3) is 0 Å². The molecule has 0 bridgehead atoms. The molecule has 0 saturated heterocycles. The highest BCUT2D eigenvalue weighted by atomic mass is 19.4. The molecule has 7 nitrogen and oxygen atoms in total. The van der Waals surface area contributed by atoms with Gasteiger partial charge < -0.3 is 20.9 Å². The van der Waals surface area contributed by atoms with Gasteiger partial charge in [0.25, 0.3) is 5.91 Å². The number of carbonyl (C=O) groups is 1. The first-order valence-electron chi connectivity index (χ1n) is 11.2. The number of alkyl halides is 3. The maximum absolute atomic E-state index is 12.7. The highest BCUT2D eigenvalue weighted by Gasteiger charge is 2.39. The topological polar surface area (TPSA) is 102 Å². The normalized spacial score (nSPS) is 24.5. The van der Waals surface area contributed by atoms with Crippen molar-refractivity contribution in [2.45, 2.75) is 63.5 Å². The Morgan fingerprint density at radius 3 is 2.55 bits per heavy atom. The van der Waals surface area contributed by atoms with E-state index in [-0.39, 0.29) is 29.1 Å². The lowest BCUT2D eigenvalue weighted by molar-refractivity contribution is -0.206. The minimum absolute atomic E-state index is 0.0868. The van der Waals surface area contributed by atoms with Gasteiger partial charge in [0, 0.05) is 18.5 Å². The van der Waals surface area contributed by atoms with E-state index in [0.29, 0.717) is 11.6 Å². The number of primary amides is 1. The average molecular weight is 467 g/mol. The first-order valence-corrected chi connectivity index (χ1v) is 11.2. The molecule has 0 unspecified atom stereocenters. The van der Waals surface area contributed by atoms with Crippen molar-refractivity contribution < 1.29 is 27.8 Å². The lowest BCUT2D eigenvalue weighted by Gasteiger charge is -2.34. The molecular formula is C23H29F3N4O3. The van der Waals surface area contributed by atoms with Crippen LogP contribution in [-0.4, -0.2) is 39.7 Å². The predicted octanol–water partition coefficient (Wildman–Crippen LogP) is 4.48. The smallest absolute Gasteiger partial charge is 0.379 e. The molecule has 4 N–H and O–H groups in total. The van der Waals surface area contributed by atoms with Crippen LogP contribution in [0, 0.1) is 11.8 Å². The number of anilines is 2. The number of rotatable bonds is 8. The van der Waals surface area contributed by atoms with Crippen molar-refractivity contribution in [3.63, 3.8) is 0 Å². The summed E-state index contributed by atoms with van der Waals surface area (Å²) in [6.45, 7) is 2.98. The molecule has 4 atom stereocenters. The molecule has 33 heavy (non-hydrogen) atoms. The summed E-state index contributed by atoms with van der Waals surface area (Å²) in [4.78, 5) is 12.0. The van der Waals surface area contributed by atoms with Crippen molar-refractivity contribution in [1.82, 2.24) is 9.78 Å². The van der Waals surface area contributed by atoms with Gasteiger partial charge in [-0.15, -0.1) is 0 Å². The van der Waals surface area contributed by atoms with Gasteiger partial charge in [0.15, 0.2) is 11.9 Å². The van der Waals surface area contributed by atoms with Gasteiger partial charge in [0.1, 0.15) is 5.56 Å². The number of carbonyl (C=O) groups excluding carboxylic acids is 1. The molecule has 0 aliphatic heterocycles. The van der Waals surface area contributed by atoms with Gasteiger partial charge >= 0.3 is 6.18 Å². The number of ether oxygens (including phenoxy) is 1. The Hall–Kier alpha value is -2.59. The molecule has 2 saturated carbocycles. The Kier molecular flexibility index (Phi) is 6.67. The van der Waals surface area contributed by atoms with Crippen molar-refractivity contribution in [1.29, 1.82) is 0 Å². The van der Waals surface area contributed by atoms with Crippen molar-refractivity contribution in [3.8, 4) is 0 Å². The zero-order valence-electron chi connectivity index (χ0n) is 18.4. The van der Waals surface area contributed by atoms with E-state index in [1.54, 1.807) is 10.9 Å². The van der Waals surface area contributed by atoms with Crippen LogP contribution in [0.1, 0.15) is 67.1 Å². The molecule has 0 spiro atoms. The van der Waals surface area contributed by atoms with Crippen LogP contribution >= 0.6 is 0 Å². The number of aliphatic hydroxyl groups is 1. The fourth-order valence-corrected chi connectivity index (χ4v) is 4.34. The van der Waals surface area contributed by atoms with E-state index in [9.17, 15) is 23.1 Å². The maximum Gasteiger partial charge on any atom is 0.418 e. The highest BCUT2D eigenvalue weighted by molar-refractivity contribution is 5.98. The Morgan fingerprint density at radius 2 is 1.97 bits per heavy atom. The SMILES string of the molecule is C[C@H]1C[C@H](OCC2CC2)CC[C@@H]1n1cc(C(N)=O)c(Nc2ccc([C@@H](O)C(F)(F)F)cc2)n1. The van der Waals surface area contributed by atoms with Crippen LogP contribution in [-0.2, 0) is 4.74 Å². The van der Waals surface area contributed by atoms with Gasteiger partial charge in [0.2, 0.25) is 0 Å². The van der Waals surface area contributed by atoms with E-state index in [1.165, 1.54) is 37.1 Å². The number of aliphatic hydroxyl groups excluding tert-OH is 1. The third-order valence-electron chi connectivity index (χ3n) is 6.48. The van der Waals surface area contributed by atoms with Gasteiger partial charge in [-0.2, -0.15) is 18.3 Å². The van der Waals surface area contributed by atoms with E-state index in [2.05, 4.69) is 17.3 Å². The third kappa shape index (κ3) is 5.67. The molecule has 10 heteroatoms. The van der Waals surface area contributed by atoms with E-state index >= 15 is 0 Å². The second-order valence-electron chi connectivity index (χ2n) is 9.18. The number of amides is 1. The second-order valence-corrected chi connectivity index (χ2v) is 9.18. The minimum atomic E-state index is -4.74. The molecule has 2 aromatic rings. The van der Waals surface area contributed by atoms with Crippen molar-refractivity contribution >= 4 is 17.4 Å². The van der Waals surface area contributed by atoms with Gasteiger partial charge in [-0.3, -0.25) is 9.48 Å². The van der Waals surface area contributed by atoms with Crippen molar-refractivity contribution in [2.24, 2.45) is 17.6 Å². The lowest BCUT2D eigenvalue weighted by atomic mass is 9.84. The van der Waals surface area contributed by atoms with E-state index in [4.69, 9.17) is 10.5 Å². The lowest BCUT2D eigenvalue weighted by Crippen LogP contribution is -2.30. The Bertz CT molecular complexity index is 972. The monoisotopic (exact) mass is 466 g/mol. The summed E-state index contributed by atoms with van der Waals surface area (Å²) in [5, 5.41) is 16.9. The quantitative estimate of drug-likeness (QED) is 0.533. The van der Waals surface area contributed by atoms with Crippen LogP contribution in [0.3, 0.4) is 0 Å². The molecule has 1 heterocycles. The molecule has 180 valence electrons. The van der Waals surface area contributed by atoms with Gasteiger partial charge in [0.05, 0.1) is 12.1 Å². The van der Waals surface area contributed by atoms with Gasteiger partial charge in [-0.1, -0.05) is 19.1 Å². The van der Waals surface area contributed by atoms with Gasteiger partial charge in [-0.25, -0.2) is 0 Å². The van der Waals surface area contributed by atoms with E-state index < -0.39 is 18.2 Å². The standard InChI is InChI=1S/C23H29F3N4O3/c1-13-10-17(33-12-14-2-3-14)8-9-19(13)30-11-18(21(27)32)22(29-30)28-16-6-4-15(5-7-16)20(31)23(24,25)26/h4-7,11,13-14,17,19-20,31H,2-3,8-10,12H2,1H3,(H2,27,32)(H,28,29)/t13-,17+,19-,20+/m0/s1. The molecule has 2 aliphatic rings. The zero-order valence-corrected chi connectivity index (χ0v) is 18.4. The van der Waals surface area contributed by atoms with E-state index in [1.807, 2.05) is 0 Å². The summed E-state index contributed by atoms with van der Waals surface area (Å²) in [5.74, 6) is 0.606. The molecule has 2 fully saturated rings. The molecule has 2 aliphatic carbocycles. The molecule has 1 amide bonds. The summed E-state index contributed by atoms with van der Waals surface area (Å²) in [6, 6.07) is 5.21. The number of hydrogen-bond acceptors (Lipinski definition) is 5. The molecule has 1 aromatic heterocycles. The first-order chi connectivity index (χ1) is 15.6. The van der Waals surface area contributed by atoms with Crippen LogP contribution in [0.5, 0.6) is 0 Å². The Labute approximate surface area is 190 Å². The average Bonchev–Trinajstić information content (AvgIpc) is 3.50. The molecule has 0 radical (unpaired) electrons. The molecule has 1 aromatic carbocycles. The second kappa shape index (κ2) is 9.34. The first kappa shape index (κ1) is 23.6. The number of halogens is 3. The number of nitrogens with two attached hydrogens (primary N) is 1. The number of nitrogens with zero attached hydrogens (tertiary/aromatic N) is 2. The minimum Gasteiger partial charge on any atom is -0.379 e. The van der Waals surface area contributed by atoms with Crippen molar-refractivity contribution in [2.75, 3.05) is 11.9 Å². The van der Waals surface area contributed by atoms with Gasteiger partial charge in [-0.05, 0) is 61.6 Å². The van der Waals surface area contributed by atoms with E-state index in [0.717, 1.165) is 31.8 Å².